The van der Waals surface area contributed by atoms with Crippen LogP contribution in [-0.2, 0) is 14.6 Å². The lowest BCUT2D eigenvalue weighted by Gasteiger charge is -2.25. The largest absolute Gasteiger partial charge is 0.480 e. The van der Waals surface area contributed by atoms with Crippen LogP contribution in [0.25, 0.3) is 0 Å². The molecule has 112 valence electrons. The van der Waals surface area contributed by atoms with Gasteiger partial charge < -0.3 is 15.3 Å². The quantitative estimate of drug-likeness (QED) is 0.696. The van der Waals surface area contributed by atoms with Crippen molar-refractivity contribution in [2.75, 3.05) is 25.1 Å². The van der Waals surface area contributed by atoms with Gasteiger partial charge in [-0.3, -0.25) is 4.79 Å². The maximum Gasteiger partial charge on any atom is 0.323 e. The van der Waals surface area contributed by atoms with Crippen LogP contribution in [0.1, 0.15) is 20.8 Å². The number of nitrogens with zero attached hydrogens (tertiary/aromatic N) is 1. The summed E-state index contributed by atoms with van der Waals surface area (Å²) in [5, 5.41) is 11.2. The van der Waals surface area contributed by atoms with Crippen molar-refractivity contribution in [1.82, 2.24) is 10.2 Å². The van der Waals surface area contributed by atoms with Crippen molar-refractivity contribution in [1.29, 1.82) is 0 Å². The molecule has 0 aliphatic rings. The van der Waals surface area contributed by atoms with Gasteiger partial charge in [0.15, 0.2) is 0 Å². The average molecular weight is 294 g/mol. The molecule has 0 bridgehead atoms. The van der Waals surface area contributed by atoms with Crippen LogP contribution in [0.3, 0.4) is 0 Å². The summed E-state index contributed by atoms with van der Waals surface area (Å²) in [5.74, 6) is -1.16. The highest BCUT2D eigenvalue weighted by Gasteiger charge is 2.20. The fourth-order valence-corrected chi connectivity index (χ4v) is 2.61. The number of urea groups is 1. The summed E-state index contributed by atoms with van der Waals surface area (Å²) in [4.78, 5) is 23.7. The molecule has 1 unspecified atom stereocenters. The number of nitrogens with one attached hydrogen (secondary N) is 1. The molecule has 0 aromatic carbocycles. The Kier molecular flexibility index (Phi) is 6.82. The van der Waals surface area contributed by atoms with Gasteiger partial charge in [-0.2, -0.15) is 0 Å². The maximum atomic E-state index is 11.9. The fraction of sp³-hybridized carbons (Fsp3) is 0.818. The van der Waals surface area contributed by atoms with Crippen molar-refractivity contribution in [3.05, 3.63) is 0 Å². The first-order valence-electron chi connectivity index (χ1n) is 5.96. The van der Waals surface area contributed by atoms with E-state index >= 15 is 0 Å². The zero-order chi connectivity index (χ0) is 15.2. The van der Waals surface area contributed by atoms with Crippen molar-refractivity contribution in [3.8, 4) is 0 Å². The molecule has 2 N–H and O–H groups in total. The van der Waals surface area contributed by atoms with Gasteiger partial charge in [-0.15, -0.1) is 0 Å². The lowest BCUT2D eigenvalue weighted by Crippen LogP contribution is -2.48. The summed E-state index contributed by atoms with van der Waals surface area (Å²) in [6.45, 7) is 5.18. The zero-order valence-corrected chi connectivity index (χ0v) is 12.5. The van der Waals surface area contributed by atoms with E-state index in [1.54, 1.807) is 6.92 Å². The number of carboxylic acid groups (broad SMARTS) is 1. The minimum absolute atomic E-state index is 0.121. The van der Waals surface area contributed by atoms with Gasteiger partial charge in [-0.25, -0.2) is 13.2 Å². The summed E-state index contributed by atoms with van der Waals surface area (Å²) in [6.07, 6.45) is 1.08. The first kappa shape index (κ1) is 17.7. The molecule has 0 aromatic rings. The van der Waals surface area contributed by atoms with E-state index in [0.29, 0.717) is 6.54 Å². The highest BCUT2D eigenvalue weighted by atomic mass is 32.2. The molecular formula is C11H22N2O5S. The zero-order valence-electron chi connectivity index (χ0n) is 11.7. The Morgan fingerprint density at radius 3 is 2.16 bits per heavy atom. The predicted octanol–water partition coefficient (Wildman–Crippen LogP) is 0.172. The van der Waals surface area contributed by atoms with Crippen molar-refractivity contribution in [3.63, 3.8) is 0 Å². The third-order valence-corrected chi connectivity index (χ3v) is 3.23. The molecule has 0 spiro atoms. The number of hydrogen-bond donors (Lipinski definition) is 2. The topological polar surface area (TPSA) is 104 Å². The second kappa shape index (κ2) is 7.32. The summed E-state index contributed by atoms with van der Waals surface area (Å²) in [5.41, 5.74) is 0. The van der Waals surface area contributed by atoms with Gasteiger partial charge in [0.25, 0.3) is 0 Å². The van der Waals surface area contributed by atoms with Gasteiger partial charge in [0.2, 0.25) is 0 Å². The molecule has 19 heavy (non-hydrogen) atoms. The molecule has 2 amide bonds. The van der Waals surface area contributed by atoms with Gasteiger partial charge in [-0.05, 0) is 12.8 Å². The van der Waals surface area contributed by atoms with Crippen molar-refractivity contribution >= 4 is 21.8 Å². The van der Waals surface area contributed by atoms with Crippen molar-refractivity contribution in [2.45, 2.75) is 26.8 Å². The Hall–Kier alpha value is -1.31. The van der Waals surface area contributed by atoms with Crippen LogP contribution in [-0.4, -0.2) is 61.6 Å². The van der Waals surface area contributed by atoms with Crippen LogP contribution in [0, 0.1) is 5.92 Å². The molecule has 0 saturated heterocycles. The Bertz CT molecular complexity index is 419. The molecule has 0 aliphatic carbocycles. The van der Waals surface area contributed by atoms with E-state index in [9.17, 15) is 18.0 Å². The number of carbonyl (C=O) groups excluding carboxylic acids is 1. The Labute approximate surface area is 113 Å². The Morgan fingerprint density at radius 2 is 1.79 bits per heavy atom. The third-order valence-electron chi connectivity index (χ3n) is 2.12. The molecule has 0 fully saturated rings. The average Bonchev–Trinajstić information content (AvgIpc) is 2.11. The van der Waals surface area contributed by atoms with Crippen molar-refractivity contribution < 1.29 is 23.1 Å². The maximum absolute atomic E-state index is 11.9. The first-order chi connectivity index (χ1) is 8.51. The predicted molar refractivity (Wildman–Crippen MR) is 71.8 cm³/mol. The van der Waals surface area contributed by atoms with E-state index in [1.807, 2.05) is 13.8 Å². The molecule has 8 heteroatoms. The summed E-state index contributed by atoms with van der Waals surface area (Å²) < 4.78 is 22.2. The molecular weight excluding hydrogens is 272 g/mol. The molecule has 0 heterocycles. The molecule has 0 rings (SSSR count). The number of hydrogen-bond acceptors (Lipinski definition) is 4. The number of carboxylic acids is 1. The smallest absolute Gasteiger partial charge is 0.323 e. The molecule has 0 aromatic heterocycles. The van der Waals surface area contributed by atoms with E-state index in [0.717, 1.165) is 11.2 Å². The number of sulfone groups is 1. The molecule has 0 radical (unpaired) electrons. The van der Waals surface area contributed by atoms with E-state index in [1.165, 1.54) is 0 Å². The Balaban J connectivity index is 4.58. The summed E-state index contributed by atoms with van der Waals surface area (Å²) in [7, 11) is -3.19. The summed E-state index contributed by atoms with van der Waals surface area (Å²) >= 11 is 0. The molecule has 0 aliphatic heterocycles. The lowest BCUT2D eigenvalue weighted by molar-refractivity contribution is -0.137. The van der Waals surface area contributed by atoms with Crippen LogP contribution in [0.5, 0.6) is 0 Å². The normalized spacial score (nSPS) is 13.1. The van der Waals surface area contributed by atoms with Gasteiger partial charge in [0.1, 0.15) is 16.4 Å². The van der Waals surface area contributed by atoms with Crippen LogP contribution >= 0.6 is 0 Å². The molecule has 7 nitrogen and oxygen atoms in total. The second-order valence-corrected chi connectivity index (χ2v) is 7.30. The minimum atomic E-state index is -3.19. The molecule has 1 atom stereocenters. The van der Waals surface area contributed by atoms with E-state index in [-0.39, 0.29) is 11.7 Å². The van der Waals surface area contributed by atoms with Crippen LogP contribution in [0.2, 0.25) is 0 Å². The minimum Gasteiger partial charge on any atom is -0.480 e. The number of aliphatic carboxylic acids is 1. The fourth-order valence-electron chi connectivity index (χ4n) is 1.62. The second-order valence-electron chi connectivity index (χ2n) is 5.11. The lowest BCUT2D eigenvalue weighted by atomic mass is 10.2. The standard InChI is InChI=1S/C11H22N2O5S/c1-8(2)5-13(6-10(14)15)11(16)12-9(3)7-19(4,17)18/h8-9H,5-7H2,1-4H3,(H,12,16)(H,14,15). The highest BCUT2D eigenvalue weighted by molar-refractivity contribution is 7.90. The van der Waals surface area contributed by atoms with Gasteiger partial charge >= 0.3 is 12.0 Å². The monoisotopic (exact) mass is 294 g/mol. The number of carbonyl (C=O) groups is 2. The summed E-state index contributed by atoms with van der Waals surface area (Å²) in [6, 6.07) is -1.13. The SMILES string of the molecule is CC(C)CN(CC(=O)O)C(=O)NC(C)CS(C)(=O)=O. The first-order valence-corrected chi connectivity index (χ1v) is 8.02. The van der Waals surface area contributed by atoms with E-state index in [4.69, 9.17) is 5.11 Å². The third kappa shape index (κ3) is 9.29. The van der Waals surface area contributed by atoms with Gasteiger partial charge in [0, 0.05) is 18.8 Å². The van der Waals surface area contributed by atoms with Crippen LogP contribution in [0.15, 0.2) is 0 Å². The van der Waals surface area contributed by atoms with E-state index in [2.05, 4.69) is 5.32 Å². The highest BCUT2D eigenvalue weighted by Crippen LogP contribution is 2.00. The number of rotatable bonds is 7. The molecule has 0 saturated carbocycles. The van der Waals surface area contributed by atoms with Crippen LogP contribution < -0.4 is 5.32 Å². The van der Waals surface area contributed by atoms with E-state index < -0.39 is 34.4 Å². The van der Waals surface area contributed by atoms with Crippen LogP contribution in [0.4, 0.5) is 4.79 Å². The van der Waals surface area contributed by atoms with Gasteiger partial charge in [0.05, 0.1) is 5.75 Å². The van der Waals surface area contributed by atoms with Gasteiger partial charge in [-0.1, -0.05) is 13.8 Å². The number of amides is 2. The Morgan fingerprint density at radius 1 is 1.26 bits per heavy atom. The van der Waals surface area contributed by atoms with Crippen molar-refractivity contribution in [2.24, 2.45) is 5.92 Å².